The van der Waals surface area contributed by atoms with Crippen LogP contribution in [0.4, 0.5) is 0 Å². The summed E-state index contributed by atoms with van der Waals surface area (Å²) in [6.07, 6.45) is 0.905. The molecule has 0 amide bonds. The van der Waals surface area contributed by atoms with Crippen LogP contribution in [0.2, 0.25) is 5.02 Å². The highest BCUT2D eigenvalue weighted by Crippen LogP contribution is 2.22. The average molecular weight is 297 g/mol. The van der Waals surface area contributed by atoms with E-state index < -0.39 is 5.97 Å². The summed E-state index contributed by atoms with van der Waals surface area (Å²) in [4.78, 5) is 11.0. The van der Waals surface area contributed by atoms with E-state index in [2.05, 4.69) is 15.5 Å². The number of aryl methyl sites for hydroxylation is 1. The van der Waals surface area contributed by atoms with Crippen LogP contribution in [0.25, 0.3) is 0 Å². The van der Waals surface area contributed by atoms with E-state index in [0.29, 0.717) is 18.1 Å². The molecule has 0 atom stereocenters. The van der Waals surface area contributed by atoms with Crippen LogP contribution >= 0.6 is 11.6 Å². The largest absolute Gasteiger partial charge is 0.486 e. The maximum atomic E-state index is 11.0. The lowest BCUT2D eigenvalue weighted by atomic mass is 10.2. The van der Waals surface area contributed by atoms with Crippen LogP contribution in [-0.2, 0) is 13.2 Å². The number of nitrogens with zero attached hydrogens (tertiary/aromatic N) is 4. The topological polar surface area (TPSA) is 90.1 Å². The van der Waals surface area contributed by atoms with Crippen molar-refractivity contribution in [1.29, 1.82) is 0 Å². The Morgan fingerprint density at radius 2 is 2.30 bits per heavy atom. The van der Waals surface area contributed by atoms with Gasteiger partial charge in [0.2, 0.25) is 0 Å². The molecule has 8 heteroatoms. The summed E-state index contributed by atoms with van der Waals surface area (Å²) in [6.45, 7) is 2.88. The maximum absolute atomic E-state index is 11.0. The zero-order valence-corrected chi connectivity index (χ0v) is 11.5. The highest BCUT2D eigenvalue weighted by atomic mass is 35.5. The Labute approximate surface area is 120 Å². The Morgan fingerprint density at radius 3 is 3.00 bits per heavy atom. The van der Waals surface area contributed by atoms with E-state index in [4.69, 9.17) is 21.4 Å². The van der Waals surface area contributed by atoms with Gasteiger partial charge in [-0.15, -0.1) is 5.10 Å². The molecule has 20 heavy (non-hydrogen) atoms. The summed E-state index contributed by atoms with van der Waals surface area (Å²) in [5.41, 5.74) is -0.00248. The smallest absolute Gasteiger partial charge is 0.337 e. The fourth-order valence-corrected chi connectivity index (χ4v) is 1.82. The molecule has 2 rings (SSSR count). The molecule has 0 fully saturated rings. The minimum Gasteiger partial charge on any atom is -0.486 e. The highest BCUT2D eigenvalue weighted by molar-refractivity contribution is 6.33. The van der Waals surface area contributed by atoms with Crippen molar-refractivity contribution in [1.82, 2.24) is 20.2 Å². The van der Waals surface area contributed by atoms with Crippen molar-refractivity contribution in [3.63, 3.8) is 0 Å². The van der Waals surface area contributed by atoms with Gasteiger partial charge in [-0.2, -0.15) is 0 Å². The van der Waals surface area contributed by atoms with E-state index in [-0.39, 0.29) is 17.2 Å². The maximum Gasteiger partial charge on any atom is 0.337 e. The first kappa shape index (κ1) is 14.3. The number of benzene rings is 1. The normalized spacial score (nSPS) is 10.5. The molecule has 0 spiro atoms. The van der Waals surface area contributed by atoms with Crippen LogP contribution in [0, 0.1) is 0 Å². The third kappa shape index (κ3) is 3.24. The molecule has 0 saturated carbocycles. The van der Waals surface area contributed by atoms with Crippen molar-refractivity contribution in [2.24, 2.45) is 0 Å². The van der Waals surface area contributed by atoms with E-state index in [1.165, 1.54) is 12.1 Å². The van der Waals surface area contributed by atoms with Gasteiger partial charge in [0.15, 0.2) is 5.82 Å². The van der Waals surface area contributed by atoms with E-state index in [1.54, 1.807) is 10.7 Å². The van der Waals surface area contributed by atoms with Gasteiger partial charge in [-0.3, -0.25) is 0 Å². The number of aromatic nitrogens is 4. The Balaban J connectivity index is 2.09. The van der Waals surface area contributed by atoms with Crippen molar-refractivity contribution in [2.45, 2.75) is 26.5 Å². The van der Waals surface area contributed by atoms with Crippen molar-refractivity contribution >= 4 is 17.6 Å². The lowest BCUT2D eigenvalue weighted by Crippen LogP contribution is -2.08. The molecule has 0 aliphatic carbocycles. The number of carboxylic acid groups (broad SMARTS) is 1. The standard InChI is InChI=1S/C12H13ClN4O3/c1-2-5-17-11(14-15-16-17)7-20-8-3-4-10(13)9(6-8)12(18)19/h3-4,6H,2,5,7H2,1H3,(H,18,19). The van der Waals surface area contributed by atoms with Crippen molar-refractivity contribution in [2.75, 3.05) is 0 Å². The highest BCUT2D eigenvalue weighted by Gasteiger charge is 2.11. The lowest BCUT2D eigenvalue weighted by Gasteiger charge is -2.07. The van der Waals surface area contributed by atoms with Crippen molar-refractivity contribution in [3.05, 3.63) is 34.6 Å². The quantitative estimate of drug-likeness (QED) is 0.877. The number of hydrogen-bond acceptors (Lipinski definition) is 5. The number of rotatable bonds is 6. The second-order valence-corrected chi connectivity index (χ2v) is 4.46. The van der Waals surface area contributed by atoms with E-state index in [9.17, 15) is 4.79 Å². The molecule has 1 N–H and O–H groups in total. The molecule has 106 valence electrons. The minimum atomic E-state index is -1.10. The van der Waals surface area contributed by atoms with Gasteiger partial charge in [-0.05, 0) is 35.0 Å². The average Bonchev–Trinajstić information content (AvgIpc) is 2.85. The summed E-state index contributed by atoms with van der Waals surface area (Å²) < 4.78 is 7.14. The summed E-state index contributed by atoms with van der Waals surface area (Å²) >= 11 is 5.78. The number of halogens is 1. The van der Waals surface area contributed by atoms with Gasteiger partial charge in [-0.25, -0.2) is 9.48 Å². The van der Waals surface area contributed by atoms with Gasteiger partial charge >= 0.3 is 5.97 Å². The summed E-state index contributed by atoms with van der Waals surface area (Å²) in [5.74, 6) is -0.118. The van der Waals surface area contributed by atoms with Crippen LogP contribution in [0.15, 0.2) is 18.2 Å². The van der Waals surface area contributed by atoms with Gasteiger partial charge < -0.3 is 9.84 Å². The predicted octanol–water partition coefficient (Wildman–Crippen LogP) is 2.01. The fourth-order valence-electron chi connectivity index (χ4n) is 1.62. The van der Waals surface area contributed by atoms with Gasteiger partial charge in [0.05, 0.1) is 10.6 Å². The number of aromatic carboxylic acids is 1. The molecule has 0 aliphatic rings. The summed E-state index contributed by atoms with van der Waals surface area (Å²) in [7, 11) is 0. The zero-order chi connectivity index (χ0) is 14.5. The second kappa shape index (κ2) is 6.33. The number of hydrogen-bond donors (Lipinski definition) is 1. The van der Waals surface area contributed by atoms with Crippen molar-refractivity contribution < 1.29 is 14.6 Å². The van der Waals surface area contributed by atoms with Crippen LogP contribution in [0.5, 0.6) is 5.75 Å². The summed E-state index contributed by atoms with van der Waals surface area (Å²) in [6, 6.07) is 4.46. The van der Waals surface area contributed by atoms with E-state index in [0.717, 1.165) is 6.42 Å². The number of carbonyl (C=O) groups is 1. The van der Waals surface area contributed by atoms with Crippen LogP contribution in [0.1, 0.15) is 29.5 Å². The molecular weight excluding hydrogens is 284 g/mol. The Kier molecular flexibility index (Phi) is 4.52. The van der Waals surface area contributed by atoms with Crippen LogP contribution < -0.4 is 4.74 Å². The Hall–Kier alpha value is -2.15. The number of tetrazole rings is 1. The molecule has 0 saturated heterocycles. The predicted molar refractivity (Wildman–Crippen MR) is 70.9 cm³/mol. The molecule has 1 heterocycles. The van der Waals surface area contributed by atoms with Crippen LogP contribution in [0.3, 0.4) is 0 Å². The summed E-state index contributed by atoms with van der Waals surface area (Å²) in [5, 5.41) is 20.4. The van der Waals surface area contributed by atoms with E-state index in [1.807, 2.05) is 6.92 Å². The number of ether oxygens (including phenoxy) is 1. The van der Waals surface area contributed by atoms with Gasteiger partial charge in [0.25, 0.3) is 0 Å². The third-order valence-corrected chi connectivity index (χ3v) is 2.91. The third-order valence-electron chi connectivity index (χ3n) is 2.58. The molecule has 0 bridgehead atoms. The fraction of sp³-hybridized carbons (Fsp3) is 0.333. The first-order chi connectivity index (χ1) is 9.61. The van der Waals surface area contributed by atoms with Gasteiger partial charge in [-0.1, -0.05) is 18.5 Å². The lowest BCUT2D eigenvalue weighted by molar-refractivity contribution is 0.0696. The first-order valence-electron chi connectivity index (χ1n) is 6.02. The Bertz CT molecular complexity index is 614. The van der Waals surface area contributed by atoms with Gasteiger partial charge in [0, 0.05) is 6.54 Å². The monoisotopic (exact) mass is 296 g/mol. The molecule has 1 aromatic heterocycles. The molecule has 0 aliphatic heterocycles. The minimum absolute atomic E-state index is 0.00248. The molecule has 0 unspecified atom stereocenters. The molecule has 1 aromatic carbocycles. The Morgan fingerprint density at radius 1 is 1.50 bits per heavy atom. The van der Waals surface area contributed by atoms with Gasteiger partial charge in [0.1, 0.15) is 12.4 Å². The van der Waals surface area contributed by atoms with Crippen molar-refractivity contribution in [3.8, 4) is 5.75 Å². The molecule has 7 nitrogen and oxygen atoms in total. The second-order valence-electron chi connectivity index (χ2n) is 4.05. The SMILES string of the molecule is CCCn1nnnc1COc1ccc(Cl)c(C(=O)O)c1. The molecule has 0 radical (unpaired) electrons. The van der Waals surface area contributed by atoms with Crippen LogP contribution in [-0.4, -0.2) is 31.3 Å². The molecule has 2 aromatic rings. The molecular formula is C12H13ClN4O3. The first-order valence-corrected chi connectivity index (χ1v) is 6.40. The number of carboxylic acids is 1. The van der Waals surface area contributed by atoms with E-state index >= 15 is 0 Å². The zero-order valence-electron chi connectivity index (χ0n) is 10.8.